The van der Waals surface area contributed by atoms with Gasteiger partial charge in [-0.15, -0.1) is 0 Å². The molecule has 1 aromatic heterocycles. The molecular formula is C19H19N3O4. The van der Waals surface area contributed by atoms with Gasteiger partial charge in [0.2, 0.25) is 0 Å². The first kappa shape index (κ1) is 17.3. The number of aryl methyl sites for hydroxylation is 1. The van der Waals surface area contributed by atoms with Crippen molar-refractivity contribution in [3.63, 3.8) is 0 Å². The number of fused-ring (bicyclic) bond motifs is 1. The molecule has 0 saturated heterocycles. The monoisotopic (exact) mass is 353 g/mol. The topological polar surface area (TPSA) is 107 Å². The van der Waals surface area contributed by atoms with E-state index in [9.17, 15) is 20.1 Å². The fourth-order valence-corrected chi connectivity index (χ4v) is 3.02. The van der Waals surface area contributed by atoms with Gasteiger partial charge in [0, 0.05) is 34.8 Å². The van der Waals surface area contributed by atoms with Crippen molar-refractivity contribution < 1.29 is 20.1 Å². The summed E-state index contributed by atoms with van der Waals surface area (Å²) in [6.45, 7) is 4.50. The van der Waals surface area contributed by atoms with Gasteiger partial charge < -0.3 is 19.9 Å². The standard InChI is InChI=1S/C19H19N3O4/c1-3-22-11(2)18(15-8-13(23)6-7-16(15)22)19(26)21-20-10-12-4-5-14(24)9-17(12)25/h4-10,23-25H,3H2,1-2H3,(H,21,26)/b20-10-. The Morgan fingerprint density at radius 1 is 1.15 bits per heavy atom. The molecule has 0 fully saturated rings. The largest absolute Gasteiger partial charge is 0.508 e. The third kappa shape index (κ3) is 3.06. The van der Waals surface area contributed by atoms with Crippen molar-refractivity contribution in [2.24, 2.45) is 5.10 Å². The lowest BCUT2D eigenvalue weighted by atomic mass is 10.1. The number of carbonyl (C=O) groups excluding carboxylic acids is 1. The average Bonchev–Trinajstić information content (AvgIpc) is 2.87. The van der Waals surface area contributed by atoms with Crippen LogP contribution in [-0.4, -0.2) is 32.0 Å². The normalized spacial score (nSPS) is 11.3. The lowest BCUT2D eigenvalue weighted by Gasteiger charge is -2.04. The van der Waals surface area contributed by atoms with Crippen LogP contribution >= 0.6 is 0 Å². The van der Waals surface area contributed by atoms with Crippen molar-refractivity contribution in [1.82, 2.24) is 9.99 Å². The molecule has 0 aliphatic carbocycles. The van der Waals surface area contributed by atoms with Gasteiger partial charge in [0.15, 0.2) is 0 Å². The molecule has 0 saturated carbocycles. The van der Waals surface area contributed by atoms with Crippen LogP contribution in [0.3, 0.4) is 0 Å². The zero-order valence-corrected chi connectivity index (χ0v) is 14.4. The van der Waals surface area contributed by atoms with E-state index >= 15 is 0 Å². The molecule has 1 heterocycles. The minimum Gasteiger partial charge on any atom is -0.508 e. The Balaban J connectivity index is 1.91. The highest BCUT2D eigenvalue weighted by Gasteiger charge is 2.19. The lowest BCUT2D eigenvalue weighted by Crippen LogP contribution is -2.18. The number of phenols is 3. The highest BCUT2D eigenvalue weighted by atomic mass is 16.3. The maximum absolute atomic E-state index is 12.6. The highest BCUT2D eigenvalue weighted by molar-refractivity contribution is 6.09. The van der Waals surface area contributed by atoms with Gasteiger partial charge in [-0.2, -0.15) is 5.10 Å². The number of nitrogens with one attached hydrogen (secondary N) is 1. The quantitative estimate of drug-likeness (QED) is 0.427. The number of rotatable bonds is 4. The van der Waals surface area contributed by atoms with Crippen LogP contribution in [0.2, 0.25) is 0 Å². The third-order valence-corrected chi connectivity index (χ3v) is 4.23. The Morgan fingerprint density at radius 2 is 1.85 bits per heavy atom. The number of aromatic hydroxyl groups is 3. The van der Waals surface area contributed by atoms with Crippen LogP contribution in [0.5, 0.6) is 17.2 Å². The summed E-state index contributed by atoms with van der Waals surface area (Å²) in [5.74, 6) is -0.546. The Bertz CT molecular complexity index is 1020. The Morgan fingerprint density at radius 3 is 2.54 bits per heavy atom. The summed E-state index contributed by atoms with van der Waals surface area (Å²) in [6, 6.07) is 8.98. The predicted octanol–water partition coefficient (Wildman–Crippen LogP) is 2.85. The van der Waals surface area contributed by atoms with Crippen LogP contribution in [0, 0.1) is 6.92 Å². The molecule has 7 nitrogen and oxygen atoms in total. The molecule has 0 spiro atoms. The van der Waals surface area contributed by atoms with Gasteiger partial charge in [-0.3, -0.25) is 4.79 Å². The Hall–Kier alpha value is -3.48. The van der Waals surface area contributed by atoms with Crippen molar-refractivity contribution in [2.75, 3.05) is 0 Å². The maximum Gasteiger partial charge on any atom is 0.273 e. The van der Waals surface area contributed by atoms with Gasteiger partial charge in [-0.05, 0) is 44.2 Å². The summed E-state index contributed by atoms with van der Waals surface area (Å²) in [5.41, 5.74) is 4.86. The van der Waals surface area contributed by atoms with E-state index in [1.165, 1.54) is 24.4 Å². The minimum absolute atomic E-state index is 0.0634. The molecule has 0 aliphatic heterocycles. The zero-order valence-electron chi connectivity index (χ0n) is 14.4. The number of phenolic OH excluding ortho intramolecular Hbond substituents is 3. The zero-order chi connectivity index (χ0) is 18.8. The first-order chi connectivity index (χ1) is 12.4. The van der Waals surface area contributed by atoms with E-state index in [1.54, 1.807) is 18.2 Å². The average molecular weight is 353 g/mol. The van der Waals surface area contributed by atoms with Crippen molar-refractivity contribution in [3.8, 4) is 17.2 Å². The number of carbonyl (C=O) groups is 1. The second-order valence-corrected chi connectivity index (χ2v) is 5.85. The van der Waals surface area contributed by atoms with E-state index in [0.29, 0.717) is 23.1 Å². The Kier molecular flexibility index (Phi) is 4.53. The molecule has 0 radical (unpaired) electrons. The number of amides is 1. The van der Waals surface area contributed by atoms with Crippen molar-refractivity contribution in [1.29, 1.82) is 0 Å². The molecule has 0 aliphatic rings. The first-order valence-corrected chi connectivity index (χ1v) is 8.09. The SMILES string of the molecule is CCn1c(C)c(C(=O)N/N=C\c2ccc(O)cc2O)c2cc(O)ccc21. The van der Waals surface area contributed by atoms with E-state index in [-0.39, 0.29) is 17.2 Å². The second-order valence-electron chi connectivity index (χ2n) is 5.85. The lowest BCUT2D eigenvalue weighted by molar-refractivity contribution is 0.0956. The van der Waals surface area contributed by atoms with Gasteiger partial charge in [0.05, 0.1) is 11.8 Å². The number of aromatic nitrogens is 1. The first-order valence-electron chi connectivity index (χ1n) is 8.09. The van der Waals surface area contributed by atoms with Gasteiger partial charge in [-0.25, -0.2) is 5.43 Å². The fourth-order valence-electron chi connectivity index (χ4n) is 3.02. The number of hydrazone groups is 1. The molecule has 0 atom stereocenters. The van der Waals surface area contributed by atoms with Crippen LogP contribution in [0.25, 0.3) is 10.9 Å². The van der Waals surface area contributed by atoms with E-state index in [4.69, 9.17) is 0 Å². The van der Waals surface area contributed by atoms with Crippen molar-refractivity contribution in [2.45, 2.75) is 20.4 Å². The van der Waals surface area contributed by atoms with Gasteiger partial charge in [0.25, 0.3) is 5.91 Å². The van der Waals surface area contributed by atoms with E-state index in [0.717, 1.165) is 11.2 Å². The van der Waals surface area contributed by atoms with Crippen LogP contribution in [0.4, 0.5) is 0 Å². The Labute approximate surface area is 149 Å². The minimum atomic E-state index is -0.417. The summed E-state index contributed by atoms with van der Waals surface area (Å²) >= 11 is 0. The number of benzene rings is 2. The molecule has 26 heavy (non-hydrogen) atoms. The predicted molar refractivity (Wildman–Crippen MR) is 98.8 cm³/mol. The fraction of sp³-hybridized carbons (Fsp3) is 0.158. The number of nitrogens with zero attached hydrogens (tertiary/aromatic N) is 2. The van der Waals surface area contributed by atoms with Gasteiger partial charge in [0.1, 0.15) is 17.2 Å². The van der Waals surface area contributed by atoms with Crippen LogP contribution in [0.15, 0.2) is 41.5 Å². The molecular weight excluding hydrogens is 334 g/mol. The second kappa shape index (κ2) is 6.79. The van der Waals surface area contributed by atoms with Crippen LogP contribution in [0.1, 0.15) is 28.5 Å². The van der Waals surface area contributed by atoms with Crippen molar-refractivity contribution in [3.05, 3.63) is 53.2 Å². The maximum atomic E-state index is 12.6. The number of hydrogen-bond acceptors (Lipinski definition) is 5. The molecule has 0 bridgehead atoms. The van der Waals surface area contributed by atoms with Gasteiger partial charge >= 0.3 is 0 Å². The molecule has 3 rings (SSSR count). The van der Waals surface area contributed by atoms with E-state index < -0.39 is 5.91 Å². The van der Waals surface area contributed by atoms with E-state index in [1.807, 2.05) is 18.4 Å². The summed E-state index contributed by atoms with van der Waals surface area (Å²) in [5, 5.41) is 33.3. The summed E-state index contributed by atoms with van der Waals surface area (Å²) in [6.07, 6.45) is 1.29. The van der Waals surface area contributed by atoms with Gasteiger partial charge in [-0.1, -0.05) is 0 Å². The molecule has 3 aromatic rings. The summed E-state index contributed by atoms with van der Waals surface area (Å²) < 4.78 is 1.99. The van der Waals surface area contributed by atoms with Crippen molar-refractivity contribution >= 4 is 23.0 Å². The smallest absolute Gasteiger partial charge is 0.273 e. The van der Waals surface area contributed by atoms with Crippen LogP contribution < -0.4 is 5.43 Å². The summed E-state index contributed by atoms with van der Waals surface area (Å²) in [7, 11) is 0. The molecule has 7 heteroatoms. The third-order valence-electron chi connectivity index (χ3n) is 4.23. The molecule has 2 aromatic carbocycles. The molecule has 1 amide bonds. The molecule has 4 N–H and O–H groups in total. The number of hydrogen-bond donors (Lipinski definition) is 4. The molecule has 134 valence electrons. The molecule has 0 unspecified atom stereocenters. The highest BCUT2D eigenvalue weighted by Crippen LogP contribution is 2.29. The summed E-state index contributed by atoms with van der Waals surface area (Å²) in [4.78, 5) is 12.6. The van der Waals surface area contributed by atoms with Crippen LogP contribution in [-0.2, 0) is 6.54 Å². The van der Waals surface area contributed by atoms with E-state index in [2.05, 4.69) is 10.5 Å².